The molecule has 0 fully saturated rings. The first-order valence-electron chi connectivity index (χ1n) is 6.20. The van der Waals surface area contributed by atoms with Gasteiger partial charge in [-0.15, -0.1) is 0 Å². The van der Waals surface area contributed by atoms with Gasteiger partial charge in [0.25, 0.3) is 0 Å². The molecule has 1 aromatic heterocycles. The minimum Gasteiger partial charge on any atom is -0.387 e. The molecule has 2 rings (SSSR count). The van der Waals surface area contributed by atoms with E-state index < -0.39 is 17.8 Å². The van der Waals surface area contributed by atoms with E-state index in [0.29, 0.717) is 28.3 Å². The molecule has 0 amide bonds. The molecule has 0 radical (unpaired) electrons. The maximum atomic E-state index is 12.6. The van der Waals surface area contributed by atoms with Crippen LogP contribution in [-0.4, -0.2) is 16.0 Å². The van der Waals surface area contributed by atoms with E-state index in [4.69, 9.17) is 4.52 Å². The van der Waals surface area contributed by atoms with E-state index in [2.05, 4.69) is 5.16 Å². The summed E-state index contributed by atoms with van der Waals surface area (Å²) in [5.41, 5.74) is 1.13. The van der Waals surface area contributed by atoms with Gasteiger partial charge in [-0.3, -0.25) is 0 Å². The second-order valence-electron chi connectivity index (χ2n) is 4.58. The molecular formula is C14H14F3NO2S. The molecule has 0 saturated carbocycles. The molecule has 1 N–H and O–H groups in total. The molecule has 0 saturated heterocycles. The van der Waals surface area contributed by atoms with Crippen molar-refractivity contribution in [1.29, 1.82) is 0 Å². The lowest BCUT2D eigenvalue weighted by atomic mass is 10.1. The summed E-state index contributed by atoms with van der Waals surface area (Å²) in [6.45, 7) is 1.72. The van der Waals surface area contributed by atoms with Crippen LogP contribution in [0.2, 0.25) is 0 Å². The zero-order valence-electron chi connectivity index (χ0n) is 11.2. The summed E-state index contributed by atoms with van der Waals surface area (Å²) in [4.78, 5) is 0. The molecule has 114 valence electrons. The number of alkyl halides is 3. The molecule has 1 unspecified atom stereocenters. The summed E-state index contributed by atoms with van der Waals surface area (Å²) < 4.78 is 42.5. The number of aromatic nitrogens is 1. The molecule has 21 heavy (non-hydrogen) atoms. The van der Waals surface area contributed by atoms with E-state index in [1.807, 2.05) is 0 Å². The van der Waals surface area contributed by atoms with E-state index in [0.717, 1.165) is 12.1 Å². The van der Waals surface area contributed by atoms with Gasteiger partial charge in [0, 0.05) is 17.1 Å². The van der Waals surface area contributed by atoms with Gasteiger partial charge in [-0.25, -0.2) is 0 Å². The highest BCUT2D eigenvalue weighted by Gasteiger charge is 2.30. The van der Waals surface area contributed by atoms with Crippen LogP contribution in [0.5, 0.6) is 0 Å². The summed E-state index contributed by atoms with van der Waals surface area (Å²) in [6.07, 6.45) is -3.70. The van der Waals surface area contributed by atoms with Gasteiger partial charge in [0.2, 0.25) is 0 Å². The third-order valence-corrected chi connectivity index (χ3v) is 4.03. The highest BCUT2D eigenvalue weighted by atomic mass is 32.2. The van der Waals surface area contributed by atoms with Gasteiger partial charge in [0.05, 0.1) is 17.4 Å². The molecule has 2 aromatic rings. The van der Waals surface area contributed by atoms with Crippen molar-refractivity contribution in [3.63, 3.8) is 0 Å². The third-order valence-electron chi connectivity index (χ3n) is 2.94. The fourth-order valence-electron chi connectivity index (χ4n) is 1.84. The van der Waals surface area contributed by atoms with E-state index >= 15 is 0 Å². The summed E-state index contributed by atoms with van der Waals surface area (Å²) >= 11 is 1.35. The van der Waals surface area contributed by atoms with Gasteiger partial charge < -0.3 is 9.63 Å². The lowest BCUT2D eigenvalue weighted by Gasteiger charge is -2.10. The van der Waals surface area contributed by atoms with Crippen LogP contribution in [-0.2, 0) is 11.9 Å². The first-order chi connectivity index (χ1) is 9.88. The second-order valence-corrected chi connectivity index (χ2v) is 5.61. The fourth-order valence-corrected chi connectivity index (χ4v) is 2.77. The monoisotopic (exact) mass is 317 g/mol. The average molecular weight is 317 g/mol. The van der Waals surface area contributed by atoms with Gasteiger partial charge in [0.15, 0.2) is 0 Å². The van der Waals surface area contributed by atoms with Crippen molar-refractivity contribution < 1.29 is 22.8 Å². The summed E-state index contributed by atoms with van der Waals surface area (Å²) in [7, 11) is 0. The third kappa shape index (κ3) is 4.25. The molecule has 7 heteroatoms. The average Bonchev–Trinajstić information content (AvgIpc) is 2.84. The molecule has 0 aliphatic rings. The van der Waals surface area contributed by atoms with Gasteiger partial charge in [-0.1, -0.05) is 23.4 Å². The number of hydrogen-bond acceptors (Lipinski definition) is 4. The number of aryl methyl sites for hydroxylation is 1. The Labute approximate surface area is 124 Å². The zero-order valence-corrected chi connectivity index (χ0v) is 12.0. The Kier molecular flexibility index (Phi) is 4.95. The van der Waals surface area contributed by atoms with Crippen LogP contribution in [0.4, 0.5) is 13.2 Å². The number of benzene rings is 1. The van der Waals surface area contributed by atoms with Crippen molar-refractivity contribution >= 4 is 11.8 Å². The van der Waals surface area contributed by atoms with Crippen molar-refractivity contribution in [2.24, 2.45) is 0 Å². The number of hydrogen-bond donors (Lipinski definition) is 1. The Hall–Kier alpha value is -1.47. The molecule has 0 bridgehead atoms. The number of rotatable bonds is 5. The van der Waals surface area contributed by atoms with Crippen molar-refractivity contribution in [3.05, 3.63) is 52.9 Å². The molecule has 1 atom stereocenters. The Morgan fingerprint density at radius 3 is 2.76 bits per heavy atom. The molecule has 1 aromatic carbocycles. The quantitative estimate of drug-likeness (QED) is 0.906. The van der Waals surface area contributed by atoms with Crippen LogP contribution in [0.3, 0.4) is 0 Å². The first kappa shape index (κ1) is 15.9. The van der Waals surface area contributed by atoms with Gasteiger partial charge >= 0.3 is 6.18 Å². The van der Waals surface area contributed by atoms with Crippen LogP contribution >= 0.6 is 11.8 Å². The number of aliphatic hydroxyl groups excluding tert-OH is 1. The molecule has 3 nitrogen and oxygen atoms in total. The van der Waals surface area contributed by atoms with Crippen LogP contribution in [0, 0.1) is 6.92 Å². The maximum absolute atomic E-state index is 12.6. The van der Waals surface area contributed by atoms with Crippen LogP contribution in [0.15, 0.2) is 35.1 Å². The molecular weight excluding hydrogens is 303 g/mol. The van der Waals surface area contributed by atoms with E-state index in [9.17, 15) is 18.3 Å². The number of aliphatic hydroxyl groups is 1. The first-order valence-corrected chi connectivity index (χ1v) is 7.36. The molecule has 0 aliphatic carbocycles. The minimum atomic E-state index is -4.33. The Balaban J connectivity index is 1.91. The minimum absolute atomic E-state index is 0.359. The largest absolute Gasteiger partial charge is 0.416 e. The van der Waals surface area contributed by atoms with E-state index in [-0.39, 0.29) is 0 Å². The standard InChI is InChI=1S/C14H14F3NO2S/c1-9-12(6-20-18-9)13(19)8-21-7-10-3-2-4-11(5-10)14(15,16)17/h2-6,13,19H,7-8H2,1H3. The van der Waals surface area contributed by atoms with Crippen molar-refractivity contribution in [2.75, 3.05) is 5.75 Å². The van der Waals surface area contributed by atoms with Gasteiger partial charge in [-0.05, 0) is 18.6 Å². The molecule has 0 spiro atoms. The Morgan fingerprint density at radius 1 is 1.38 bits per heavy atom. The SMILES string of the molecule is Cc1nocc1C(O)CSCc1cccc(C(F)(F)F)c1. The number of thioether (sulfide) groups is 1. The van der Waals surface area contributed by atoms with E-state index in [1.54, 1.807) is 13.0 Å². The van der Waals surface area contributed by atoms with Crippen molar-refractivity contribution in [3.8, 4) is 0 Å². The topological polar surface area (TPSA) is 46.3 Å². The van der Waals surface area contributed by atoms with Gasteiger partial charge in [-0.2, -0.15) is 24.9 Å². The van der Waals surface area contributed by atoms with E-state index in [1.165, 1.54) is 24.1 Å². The van der Waals surface area contributed by atoms with Crippen molar-refractivity contribution in [2.45, 2.75) is 25.0 Å². The summed E-state index contributed by atoms with van der Waals surface area (Å²) in [6, 6.07) is 5.20. The highest BCUT2D eigenvalue weighted by molar-refractivity contribution is 7.98. The summed E-state index contributed by atoms with van der Waals surface area (Å²) in [5.74, 6) is 0.754. The predicted octanol–water partition coefficient (Wildman–Crippen LogP) is 3.97. The van der Waals surface area contributed by atoms with Crippen molar-refractivity contribution in [1.82, 2.24) is 5.16 Å². The number of halogens is 3. The van der Waals surface area contributed by atoms with Crippen LogP contribution in [0.1, 0.15) is 28.5 Å². The highest BCUT2D eigenvalue weighted by Crippen LogP contribution is 2.30. The molecule has 1 heterocycles. The second kappa shape index (κ2) is 6.53. The molecule has 0 aliphatic heterocycles. The van der Waals surface area contributed by atoms with Crippen LogP contribution < -0.4 is 0 Å². The lowest BCUT2D eigenvalue weighted by Crippen LogP contribution is -2.05. The predicted molar refractivity (Wildman–Crippen MR) is 73.8 cm³/mol. The Morgan fingerprint density at radius 2 is 2.14 bits per heavy atom. The lowest BCUT2D eigenvalue weighted by molar-refractivity contribution is -0.137. The normalized spacial score (nSPS) is 13.4. The maximum Gasteiger partial charge on any atom is 0.416 e. The van der Waals surface area contributed by atoms with Crippen LogP contribution in [0.25, 0.3) is 0 Å². The fraction of sp³-hybridized carbons (Fsp3) is 0.357. The number of nitrogens with zero attached hydrogens (tertiary/aromatic N) is 1. The smallest absolute Gasteiger partial charge is 0.387 e. The van der Waals surface area contributed by atoms with Gasteiger partial charge in [0.1, 0.15) is 6.26 Å². The summed E-state index contributed by atoms with van der Waals surface area (Å²) in [5, 5.41) is 13.6. The Bertz CT molecular complexity index is 598. The zero-order chi connectivity index (χ0) is 15.5.